The molecule has 0 aromatic heterocycles. The Hall–Kier alpha value is -2.05. The van der Waals surface area contributed by atoms with Gasteiger partial charge in [-0.15, -0.1) is 24.8 Å². The first-order valence-corrected chi connectivity index (χ1v) is 26.6. The van der Waals surface area contributed by atoms with Crippen molar-refractivity contribution in [3.05, 3.63) is 137 Å². The normalized spacial score (nSPS) is 29.0. The van der Waals surface area contributed by atoms with Gasteiger partial charge in [-0.25, -0.2) is 0 Å². The SMILES string of the molecule is Cl.Cl.[CH2]=[Zr]([C]1=CC=CC1)([C]1=CC=CC1)([c]1ccc(C(C)(C)C)cc1)[C]1(C)C2=C3Cc4ccccc4C3=C3C=CCCC3C2(C)C(C)(C)C(C)(C)C1(C)C. The second-order valence-corrected chi connectivity index (χ2v) is 34.4. The Balaban J connectivity index is 0.00000240. The van der Waals surface area contributed by atoms with E-state index in [1.165, 1.54) is 23.1 Å². The van der Waals surface area contributed by atoms with Crippen molar-refractivity contribution in [3.8, 4) is 0 Å². The molecule has 0 nitrogen and oxygen atoms in total. The van der Waals surface area contributed by atoms with Gasteiger partial charge in [-0.2, -0.15) is 0 Å². The van der Waals surface area contributed by atoms with Crippen LogP contribution in [0.5, 0.6) is 0 Å². The first-order chi connectivity index (χ1) is 23.8. The number of benzene rings is 2. The van der Waals surface area contributed by atoms with E-state index in [0.717, 1.165) is 25.7 Å². The molecule has 2 aromatic carbocycles. The summed E-state index contributed by atoms with van der Waals surface area (Å²) in [5, 5.41) is 0. The van der Waals surface area contributed by atoms with Gasteiger partial charge in [0.25, 0.3) is 0 Å². The van der Waals surface area contributed by atoms with E-state index >= 15 is 0 Å². The van der Waals surface area contributed by atoms with Gasteiger partial charge >= 0.3 is 313 Å². The summed E-state index contributed by atoms with van der Waals surface area (Å²) in [6.45, 7) is 28.6. The Bertz CT molecular complexity index is 2130. The predicted octanol–water partition coefficient (Wildman–Crippen LogP) is 13.8. The van der Waals surface area contributed by atoms with Crippen LogP contribution < -0.4 is 3.27 Å². The van der Waals surface area contributed by atoms with Crippen molar-refractivity contribution < 1.29 is 18.3 Å². The molecule has 282 valence electrons. The van der Waals surface area contributed by atoms with E-state index in [2.05, 4.69) is 173 Å². The van der Waals surface area contributed by atoms with Crippen LogP contribution >= 0.6 is 24.8 Å². The molecule has 0 heterocycles. The summed E-state index contributed by atoms with van der Waals surface area (Å²) >= 11 is -5.05. The fourth-order valence-corrected chi connectivity index (χ4v) is 34.7. The van der Waals surface area contributed by atoms with Crippen molar-refractivity contribution >= 4 is 37.9 Å². The van der Waals surface area contributed by atoms with E-state index in [1.54, 1.807) is 32.1 Å². The molecule has 8 rings (SSSR count). The molecule has 2 aromatic rings. The quantitative estimate of drug-likeness (QED) is 0.288. The molecular formula is C50H64Cl2Zr. The van der Waals surface area contributed by atoms with Crippen LogP contribution in [-0.2, 0) is 30.1 Å². The van der Waals surface area contributed by atoms with Crippen molar-refractivity contribution in [3.63, 3.8) is 0 Å². The fourth-order valence-electron chi connectivity index (χ4n) is 13.5. The average Bonchev–Trinajstić information content (AvgIpc) is 3.89. The molecule has 0 radical (unpaired) electrons. The van der Waals surface area contributed by atoms with E-state index < -0.39 is 18.3 Å². The summed E-state index contributed by atoms with van der Waals surface area (Å²) < 4.78 is 10.8. The maximum absolute atomic E-state index is 6.15. The maximum atomic E-state index is 6.15. The fraction of sp³-hybridized carbons (Fsp3) is 0.460. The molecule has 53 heavy (non-hydrogen) atoms. The topological polar surface area (TPSA) is 0 Å². The molecule has 0 N–H and O–H groups in total. The third kappa shape index (κ3) is 4.49. The predicted molar refractivity (Wildman–Crippen MR) is 234 cm³/mol. The minimum atomic E-state index is -5.05. The van der Waals surface area contributed by atoms with E-state index in [0.29, 0.717) is 5.92 Å². The summed E-state index contributed by atoms with van der Waals surface area (Å²) in [5.74, 6) is 0.453. The molecule has 1 fully saturated rings. The monoisotopic (exact) mass is 824 g/mol. The van der Waals surface area contributed by atoms with Gasteiger partial charge in [0.1, 0.15) is 0 Å². The summed E-state index contributed by atoms with van der Waals surface area (Å²) in [7, 11) is 0. The number of rotatable bonds is 4. The van der Waals surface area contributed by atoms with E-state index in [4.69, 9.17) is 4.21 Å². The standard InChI is InChI=1S/C29H37.C10H13.2C5H5.CH2.2ClH.Zr/c1-18-25-22-17-19-13-9-10-14-20(19)24(22)21-15-11-12-16-23(21)29(25,8)28(6,7)27(4,5)26(18,2)3;1-10(2,3)9-7-5-4-6-8-9;2*1-2-4-5-3-1;;;;/h9-11,13-15,23H,12,16-17H2,1-8H3;5-8H,1-3H3;2*1-3H,4H2;1H2;2*1H;. The molecule has 0 aliphatic heterocycles. The molecular weight excluding hydrogens is 763 g/mol. The van der Waals surface area contributed by atoms with Crippen LogP contribution in [0.4, 0.5) is 0 Å². The van der Waals surface area contributed by atoms with Gasteiger partial charge in [0.2, 0.25) is 0 Å². The summed E-state index contributed by atoms with van der Waals surface area (Å²) in [6.07, 6.45) is 25.1. The third-order valence-corrected chi connectivity index (χ3v) is 38.0. The summed E-state index contributed by atoms with van der Waals surface area (Å²) in [5.41, 5.74) is 10.9. The van der Waals surface area contributed by atoms with Gasteiger partial charge in [0.05, 0.1) is 0 Å². The average molecular weight is 827 g/mol. The second-order valence-electron chi connectivity index (χ2n) is 20.2. The van der Waals surface area contributed by atoms with Crippen molar-refractivity contribution in [2.75, 3.05) is 0 Å². The molecule has 1 saturated carbocycles. The third-order valence-electron chi connectivity index (χ3n) is 17.7. The Labute approximate surface area is 335 Å². The first-order valence-electron chi connectivity index (χ1n) is 19.9. The van der Waals surface area contributed by atoms with Crippen molar-refractivity contribution in [1.29, 1.82) is 0 Å². The van der Waals surface area contributed by atoms with Crippen molar-refractivity contribution in [2.24, 2.45) is 27.6 Å². The van der Waals surface area contributed by atoms with Crippen LogP contribution in [0.25, 0.3) is 5.57 Å². The zero-order valence-electron chi connectivity index (χ0n) is 34.4. The molecule has 0 spiro atoms. The van der Waals surface area contributed by atoms with Crippen LogP contribution in [0, 0.1) is 27.6 Å². The zero-order chi connectivity index (χ0) is 36.6. The van der Waals surface area contributed by atoms with Gasteiger partial charge in [-0.1, -0.05) is 0 Å². The molecule has 3 heteroatoms. The first kappa shape index (κ1) is 40.6. The number of allylic oxidation sites excluding steroid dienone is 14. The van der Waals surface area contributed by atoms with Crippen LogP contribution in [0.2, 0.25) is 3.12 Å². The Morgan fingerprint density at radius 3 is 1.85 bits per heavy atom. The number of hydrogen-bond donors (Lipinski definition) is 0. The minimum absolute atomic E-state index is 0. The molecule has 0 saturated heterocycles. The van der Waals surface area contributed by atoms with Crippen molar-refractivity contribution in [2.45, 2.75) is 117 Å². The van der Waals surface area contributed by atoms with E-state index in [-0.39, 0.29) is 55.0 Å². The Kier molecular flexibility index (Phi) is 9.56. The Morgan fingerprint density at radius 2 is 1.30 bits per heavy atom. The van der Waals surface area contributed by atoms with Crippen LogP contribution in [0.1, 0.15) is 119 Å². The van der Waals surface area contributed by atoms with Gasteiger partial charge < -0.3 is 0 Å². The van der Waals surface area contributed by atoms with Crippen LogP contribution in [0.15, 0.2) is 120 Å². The van der Waals surface area contributed by atoms with E-state index in [1.807, 2.05) is 0 Å². The molecule has 6 aliphatic carbocycles. The molecule has 0 amide bonds. The van der Waals surface area contributed by atoms with E-state index in [9.17, 15) is 0 Å². The molecule has 6 aliphatic rings. The van der Waals surface area contributed by atoms with Gasteiger partial charge in [0, 0.05) is 0 Å². The number of fused-ring (bicyclic) bond motifs is 6. The second kappa shape index (κ2) is 12.5. The number of halogens is 2. The summed E-state index contributed by atoms with van der Waals surface area (Å²) in [4.78, 5) is 0. The molecule has 3 atom stereocenters. The van der Waals surface area contributed by atoms with Crippen LogP contribution in [-0.4, -0.2) is 4.21 Å². The van der Waals surface area contributed by atoms with Crippen LogP contribution in [0.3, 0.4) is 0 Å². The van der Waals surface area contributed by atoms with Gasteiger partial charge in [-0.3, -0.25) is 0 Å². The van der Waals surface area contributed by atoms with Crippen molar-refractivity contribution in [1.82, 2.24) is 0 Å². The van der Waals surface area contributed by atoms with Gasteiger partial charge in [-0.05, 0) is 0 Å². The number of hydrogen-bond acceptors (Lipinski definition) is 0. The summed E-state index contributed by atoms with van der Waals surface area (Å²) in [6, 6.07) is 19.5. The molecule has 3 unspecified atom stereocenters. The van der Waals surface area contributed by atoms with Gasteiger partial charge in [0.15, 0.2) is 0 Å². The zero-order valence-corrected chi connectivity index (χ0v) is 38.5. The Morgan fingerprint density at radius 1 is 0.717 bits per heavy atom. The molecule has 0 bridgehead atoms.